The summed E-state index contributed by atoms with van der Waals surface area (Å²) < 4.78 is 10.1. The van der Waals surface area contributed by atoms with Crippen molar-refractivity contribution in [1.82, 2.24) is 0 Å². The van der Waals surface area contributed by atoms with Crippen LogP contribution in [-0.2, 0) is 19.1 Å². The van der Waals surface area contributed by atoms with E-state index in [1.165, 1.54) is 0 Å². The van der Waals surface area contributed by atoms with Crippen LogP contribution in [-0.4, -0.2) is 25.2 Å². The van der Waals surface area contributed by atoms with Crippen LogP contribution in [0.15, 0.2) is 24.3 Å². The summed E-state index contributed by atoms with van der Waals surface area (Å²) in [5.41, 5.74) is 0. The lowest BCUT2D eigenvalue weighted by molar-refractivity contribution is -0.163. The highest BCUT2D eigenvalue weighted by Gasteiger charge is 2.34. The number of hydrogen-bond acceptors (Lipinski definition) is 4. The minimum atomic E-state index is -0.847. The van der Waals surface area contributed by atoms with Crippen molar-refractivity contribution in [2.75, 3.05) is 13.2 Å². The third kappa shape index (κ3) is 6.79. The van der Waals surface area contributed by atoms with E-state index in [1.807, 2.05) is 27.7 Å². The number of rotatable bonds is 8. The molecule has 0 fully saturated rings. The lowest BCUT2D eigenvalue weighted by atomic mass is 9.92. The van der Waals surface area contributed by atoms with Gasteiger partial charge in [0.25, 0.3) is 0 Å². The first kappa shape index (κ1) is 17.4. The third-order valence-electron chi connectivity index (χ3n) is 2.84. The smallest absolute Gasteiger partial charge is 0.320 e. The highest BCUT2D eigenvalue weighted by molar-refractivity contribution is 5.95. The first-order chi connectivity index (χ1) is 9.08. The molecular formula is C15H24O4. The molecule has 0 bridgehead atoms. The Morgan fingerprint density at radius 3 is 1.74 bits per heavy atom. The molecule has 1 atom stereocenters. The average Bonchev–Trinajstić information content (AvgIpc) is 2.39. The predicted octanol–water partition coefficient (Wildman–Crippen LogP) is 2.89. The van der Waals surface area contributed by atoms with Crippen molar-refractivity contribution in [3.05, 3.63) is 24.3 Å². The maximum atomic E-state index is 11.9. The molecule has 108 valence electrons. The largest absolute Gasteiger partial charge is 0.461 e. The maximum absolute atomic E-state index is 11.9. The molecule has 0 saturated heterocycles. The van der Waals surface area contributed by atoms with Gasteiger partial charge in [-0.05, 0) is 19.8 Å². The number of ether oxygens (including phenoxy) is 2. The van der Waals surface area contributed by atoms with E-state index < -0.39 is 17.9 Å². The Hall–Kier alpha value is -1.58. The van der Waals surface area contributed by atoms with E-state index >= 15 is 0 Å². The Morgan fingerprint density at radius 1 is 1.00 bits per heavy atom. The van der Waals surface area contributed by atoms with Gasteiger partial charge in [0.15, 0.2) is 5.92 Å². The van der Waals surface area contributed by atoms with Gasteiger partial charge in [0.2, 0.25) is 0 Å². The molecule has 4 nitrogen and oxygen atoms in total. The summed E-state index contributed by atoms with van der Waals surface area (Å²) in [6, 6.07) is 0. The molecule has 0 aliphatic carbocycles. The van der Waals surface area contributed by atoms with Gasteiger partial charge in [-0.25, -0.2) is 0 Å². The van der Waals surface area contributed by atoms with E-state index in [0.717, 1.165) is 0 Å². The molecule has 19 heavy (non-hydrogen) atoms. The van der Waals surface area contributed by atoms with Crippen molar-refractivity contribution in [1.29, 1.82) is 0 Å². The van der Waals surface area contributed by atoms with Gasteiger partial charge in [0, 0.05) is 0 Å². The fraction of sp³-hybridized carbons (Fsp3) is 0.600. The van der Waals surface area contributed by atoms with Crippen LogP contribution in [0, 0.1) is 11.8 Å². The molecule has 0 aromatic heterocycles. The molecule has 0 spiro atoms. The van der Waals surface area contributed by atoms with Gasteiger partial charge in [-0.3, -0.25) is 9.59 Å². The highest BCUT2D eigenvalue weighted by atomic mass is 16.6. The van der Waals surface area contributed by atoms with E-state index in [0.29, 0.717) is 6.42 Å². The average molecular weight is 268 g/mol. The second kappa shape index (κ2) is 10.4. The van der Waals surface area contributed by atoms with Crippen LogP contribution in [0.1, 0.15) is 34.1 Å². The van der Waals surface area contributed by atoms with Crippen LogP contribution in [0.2, 0.25) is 0 Å². The second-order valence-electron chi connectivity index (χ2n) is 4.26. The quantitative estimate of drug-likeness (QED) is 0.386. The van der Waals surface area contributed by atoms with Crippen molar-refractivity contribution < 1.29 is 19.1 Å². The zero-order chi connectivity index (χ0) is 14.7. The predicted molar refractivity (Wildman–Crippen MR) is 74.5 cm³/mol. The number of allylic oxidation sites excluding steroid dienone is 2. The lowest BCUT2D eigenvalue weighted by Gasteiger charge is -2.19. The van der Waals surface area contributed by atoms with Crippen molar-refractivity contribution in [2.24, 2.45) is 11.8 Å². The Balaban J connectivity index is 4.60. The van der Waals surface area contributed by atoms with Crippen molar-refractivity contribution in [3.63, 3.8) is 0 Å². The summed E-state index contributed by atoms with van der Waals surface area (Å²) in [6.45, 7) is 7.82. The maximum Gasteiger partial charge on any atom is 0.320 e. The minimum absolute atomic E-state index is 0.101. The molecule has 0 aliphatic rings. The molecular weight excluding hydrogens is 244 g/mol. The summed E-state index contributed by atoms with van der Waals surface area (Å²) in [5.74, 6) is -1.98. The van der Waals surface area contributed by atoms with Gasteiger partial charge in [-0.15, -0.1) is 0 Å². The van der Waals surface area contributed by atoms with Gasteiger partial charge in [0.05, 0.1) is 0 Å². The molecule has 0 radical (unpaired) electrons. The molecule has 0 rings (SSSR count). The Morgan fingerprint density at radius 2 is 1.42 bits per heavy atom. The Bertz CT molecular complexity index is 303. The van der Waals surface area contributed by atoms with Gasteiger partial charge < -0.3 is 9.47 Å². The van der Waals surface area contributed by atoms with Crippen LogP contribution < -0.4 is 0 Å². The van der Waals surface area contributed by atoms with Gasteiger partial charge >= 0.3 is 11.9 Å². The monoisotopic (exact) mass is 268 g/mol. The summed E-state index contributed by atoms with van der Waals surface area (Å²) in [4.78, 5) is 23.8. The molecule has 0 amide bonds. The van der Waals surface area contributed by atoms with Gasteiger partial charge in [0.1, 0.15) is 13.2 Å². The summed E-state index contributed by atoms with van der Waals surface area (Å²) in [6.07, 6.45) is 7.72. The molecule has 4 heteroatoms. The zero-order valence-electron chi connectivity index (χ0n) is 12.2. The second-order valence-corrected chi connectivity index (χ2v) is 4.26. The first-order valence-corrected chi connectivity index (χ1v) is 6.64. The molecule has 0 aromatic rings. The number of hydrogen-bond donors (Lipinski definition) is 0. The SMILES string of the molecule is C/C=C/COC(=O)C(C(=O)OC/C=C/C)C(C)CC. The Kier molecular flexibility index (Phi) is 9.49. The first-order valence-electron chi connectivity index (χ1n) is 6.64. The third-order valence-corrected chi connectivity index (χ3v) is 2.84. The molecule has 0 heterocycles. The normalized spacial score (nSPS) is 13.1. The van der Waals surface area contributed by atoms with Gasteiger partial charge in [-0.1, -0.05) is 44.6 Å². The summed E-state index contributed by atoms with van der Waals surface area (Å²) >= 11 is 0. The summed E-state index contributed by atoms with van der Waals surface area (Å²) in [5, 5.41) is 0. The molecule has 1 unspecified atom stereocenters. The van der Waals surface area contributed by atoms with E-state index in [2.05, 4.69) is 0 Å². The number of carbonyl (C=O) groups excluding carboxylic acids is 2. The summed E-state index contributed by atoms with van der Waals surface area (Å²) in [7, 11) is 0. The molecule has 0 saturated carbocycles. The van der Waals surface area contributed by atoms with Gasteiger partial charge in [-0.2, -0.15) is 0 Å². The molecule has 0 aromatic carbocycles. The van der Waals surface area contributed by atoms with Crippen LogP contribution >= 0.6 is 0 Å². The van der Waals surface area contributed by atoms with Crippen molar-refractivity contribution in [2.45, 2.75) is 34.1 Å². The highest BCUT2D eigenvalue weighted by Crippen LogP contribution is 2.19. The van der Waals surface area contributed by atoms with E-state index in [9.17, 15) is 9.59 Å². The number of esters is 2. The fourth-order valence-corrected chi connectivity index (χ4v) is 1.43. The lowest BCUT2D eigenvalue weighted by Crippen LogP contribution is -2.33. The minimum Gasteiger partial charge on any atom is -0.461 e. The van der Waals surface area contributed by atoms with Crippen LogP contribution in [0.4, 0.5) is 0 Å². The van der Waals surface area contributed by atoms with Crippen LogP contribution in [0.25, 0.3) is 0 Å². The number of carbonyl (C=O) groups is 2. The fourth-order valence-electron chi connectivity index (χ4n) is 1.43. The topological polar surface area (TPSA) is 52.6 Å². The van der Waals surface area contributed by atoms with Crippen LogP contribution in [0.5, 0.6) is 0 Å². The van der Waals surface area contributed by atoms with Crippen LogP contribution in [0.3, 0.4) is 0 Å². The van der Waals surface area contributed by atoms with Crippen molar-refractivity contribution >= 4 is 11.9 Å². The molecule has 0 N–H and O–H groups in total. The Labute approximate surface area is 115 Å². The standard InChI is InChI=1S/C15H24O4/c1-5-8-10-18-14(16)13(12(4)7-3)15(17)19-11-9-6-2/h5-6,8-9,12-13H,7,10-11H2,1-4H3/b8-5+,9-6+. The van der Waals surface area contributed by atoms with E-state index in [1.54, 1.807) is 24.3 Å². The van der Waals surface area contributed by atoms with E-state index in [-0.39, 0.29) is 19.1 Å². The van der Waals surface area contributed by atoms with Crippen molar-refractivity contribution in [3.8, 4) is 0 Å². The van der Waals surface area contributed by atoms with E-state index in [4.69, 9.17) is 9.47 Å². The zero-order valence-corrected chi connectivity index (χ0v) is 12.2. The molecule has 0 aliphatic heterocycles.